The number of hydrogen-bond acceptors (Lipinski definition) is 3. The monoisotopic (exact) mass is 227 g/mol. The Balaban J connectivity index is 0.000000165. The Labute approximate surface area is 101 Å². The molecule has 0 aromatic carbocycles. The quantitative estimate of drug-likeness (QED) is 0.672. The Morgan fingerprint density at radius 3 is 2.06 bits per heavy atom. The topological polar surface area (TPSA) is 18.5 Å². The standard InChI is InChI=1S/C8H17N.C5H12N2/c1-8-4-3-6-9(2)7-5-8;1-7-4-2-6-3-5-7/h8H,3-7H2,1-2H3;6H,2-5H2,1H3. The van der Waals surface area contributed by atoms with E-state index in [9.17, 15) is 0 Å². The number of likely N-dealkylation sites (N-methyl/N-ethyl adjacent to an activating group) is 1. The van der Waals surface area contributed by atoms with Gasteiger partial charge in [0.2, 0.25) is 0 Å². The van der Waals surface area contributed by atoms with Crippen molar-refractivity contribution in [3.8, 4) is 0 Å². The molecule has 96 valence electrons. The molecule has 0 radical (unpaired) electrons. The summed E-state index contributed by atoms with van der Waals surface area (Å²) >= 11 is 0. The molecule has 2 rings (SSSR count). The van der Waals surface area contributed by atoms with Crippen molar-refractivity contribution in [3.05, 3.63) is 0 Å². The molecule has 2 heterocycles. The van der Waals surface area contributed by atoms with Gasteiger partial charge in [-0.15, -0.1) is 0 Å². The van der Waals surface area contributed by atoms with E-state index in [4.69, 9.17) is 0 Å². The Kier molecular flexibility index (Phi) is 7.01. The molecular weight excluding hydrogens is 198 g/mol. The fraction of sp³-hybridized carbons (Fsp3) is 1.00. The van der Waals surface area contributed by atoms with Gasteiger partial charge in [0.05, 0.1) is 0 Å². The van der Waals surface area contributed by atoms with Crippen LogP contribution < -0.4 is 5.32 Å². The zero-order chi connectivity index (χ0) is 11.8. The highest BCUT2D eigenvalue weighted by Gasteiger charge is 2.09. The number of rotatable bonds is 0. The molecule has 3 heteroatoms. The van der Waals surface area contributed by atoms with E-state index >= 15 is 0 Å². The first-order valence-electron chi connectivity index (χ1n) is 6.76. The van der Waals surface area contributed by atoms with Crippen LogP contribution in [-0.2, 0) is 0 Å². The maximum atomic E-state index is 3.27. The van der Waals surface area contributed by atoms with Crippen molar-refractivity contribution in [3.63, 3.8) is 0 Å². The molecule has 0 amide bonds. The van der Waals surface area contributed by atoms with E-state index < -0.39 is 0 Å². The lowest BCUT2D eigenvalue weighted by atomic mass is 10.0. The van der Waals surface area contributed by atoms with Crippen LogP contribution in [0.15, 0.2) is 0 Å². The highest BCUT2D eigenvalue weighted by Crippen LogP contribution is 2.14. The SMILES string of the molecule is CC1CCCN(C)CC1.CN1CCNCC1. The second-order valence-electron chi connectivity index (χ2n) is 5.39. The van der Waals surface area contributed by atoms with E-state index in [1.807, 2.05) is 0 Å². The smallest absolute Gasteiger partial charge is 0.0104 e. The van der Waals surface area contributed by atoms with Crippen LogP contribution in [0.5, 0.6) is 0 Å². The third-order valence-electron chi connectivity index (χ3n) is 3.58. The lowest BCUT2D eigenvalue weighted by Gasteiger charge is -2.21. The molecule has 2 fully saturated rings. The van der Waals surface area contributed by atoms with Gasteiger partial charge in [-0.2, -0.15) is 0 Å². The minimum absolute atomic E-state index is 0.968. The maximum absolute atomic E-state index is 3.27. The number of likely N-dealkylation sites (tertiary alicyclic amines) is 1. The van der Waals surface area contributed by atoms with Gasteiger partial charge in [0.1, 0.15) is 0 Å². The van der Waals surface area contributed by atoms with Crippen molar-refractivity contribution in [2.75, 3.05) is 53.4 Å². The molecule has 2 saturated heterocycles. The van der Waals surface area contributed by atoms with Gasteiger partial charge in [0.15, 0.2) is 0 Å². The summed E-state index contributed by atoms with van der Waals surface area (Å²) in [6.07, 6.45) is 4.23. The van der Waals surface area contributed by atoms with Crippen LogP contribution in [0.25, 0.3) is 0 Å². The van der Waals surface area contributed by atoms with Crippen molar-refractivity contribution < 1.29 is 0 Å². The molecule has 0 saturated carbocycles. The summed E-state index contributed by atoms with van der Waals surface area (Å²) in [6, 6.07) is 0. The average molecular weight is 227 g/mol. The highest BCUT2D eigenvalue weighted by atomic mass is 15.2. The minimum Gasteiger partial charge on any atom is -0.314 e. The number of nitrogens with one attached hydrogen (secondary N) is 1. The molecule has 3 nitrogen and oxygen atoms in total. The summed E-state index contributed by atoms with van der Waals surface area (Å²) < 4.78 is 0. The molecule has 1 unspecified atom stereocenters. The van der Waals surface area contributed by atoms with Crippen molar-refractivity contribution >= 4 is 0 Å². The van der Waals surface area contributed by atoms with E-state index in [1.54, 1.807) is 0 Å². The minimum atomic E-state index is 0.968. The van der Waals surface area contributed by atoms with E-state index in [1.165, 1.54) is 45.4 Å². The van der Waals surface area contributed by atoms with Gasteiger partial charge in [-0.25, -0.2) is 0 Å². The van der Waals surface area contributed by atoms with Crippen LogP contribution in [-0.4, -0.2) is 63.2 Å². The summed E-state index contributed by atoms with van der Waals surface area (Å²) in [5.41, 5.74) is 0. The Hall–Kier alpha value is -0.120. The van der Waals surface area contributed by atoms with Crippen molar-refractivity contribution in [1.82, 2.24) is 15.1 Å². The zero-order valence-electron chi connectivity index (χ0n) is 11.3. The number of nitrogens with zero attached hydrogens (tertiary/aromatic N) is 2. The maximum Gasteiger partial charge on any atom is 0.0104 e. The largest absolute Gasteiger partial charge is 0.314 e. The van der Waals surface area contributed by atoms with Gasteiger partial charge in [0.25, 0.3) is 0 Å². The van der Waals surface area contributed by atoms with Gasteiger partial charge in [-0.05, 0) is 52.4 Å². The van der Waals surface area contributed by atoms with E-state index in [-0.39, 0.29) is 0 Å². The molecule has 2 aliphatic heterocycles. The van der Waals surface area contributed by atoms with Crippen LogP contribution in [0.2, 0.25) is 0 Å². The molecular formula is C13H29N3. The Morgan fingerprint density at radius 1 is 0.875 bits per heavy atom. The van der Waals surface area contributed by atoms with Gasteiger partial charge in [0, 0.05) is 26.2 Å². The Bertz CT molecular complexity index is 157. The summed E-state index contributed by atoms with van der Waals surface area (Å²) in [6.45, 7) is 9.72. The van der Waals surface area contributed by atoms with E-state index in [0.29, 0.717) is 0 Å². The van der Waals surface area contributed by atoms with Gasteiger partial charge in [-0.1, -0.05) is 6.92 Å². The molecule has 2 aliphatic rings. The molecule has 0 aromatic heterocycles. The van der Waals surface area contributed by atoms with Crippen molar-refractivity contribution in [2.45, 2.75) is 26.2 Å². The first-order valence-corrected chi connectivity index (χ1v) is 6.76. The first kappa shape index (κ1) is 13.9. The predicted octanol–water partition coefficient (Wildman–Crippen LogP) is 1.26. The number of hydrogen-bond donors (Lipinski definition) is 1. The van der Waals surface area contributed by atoms with Crippen LogP contribution >= 0.6 is 0 Å². The summed E-state index contributed by atoms with van der Waals surface area (Å²) in [7, 11) is 4.37. The van der Waals surface area contributed by atoms with Gasteiger partial charge in [-0.3, -0.25) is 0 Å². The second-order valence-corrected chi connectivity index (χ2v) is 5.39. The third-order valence-corrected chi connectivity index (χ3v) is 3.58. The highest BCUT2D eigenvalue weighted by molar-refractivity contribution is 4.63. The molecule has 0 aliphatic carbocycles. The van der Waals surface area contributed by atoms with Gasteiger partial charge < -0.3 is 15.1 Å². The fourth-order valence-electron chi connectivity index (χ4n) is 2.18. The molecule has 1 atom stereocenters. The molecule has 0 bridgehead atoms. The molecule has 16 heavy (non-hydrogen) atoms. The zero-order valence-corrected chi connectivity index (χ0v) is 11.3. The Morgan fingerprint density at radius 2 is 1.50 bits per heavy atom. The van der Waals surface area contributed by atoms with Crippen LogP contribution in [0.3, 0.4) is 0 Å². The third kappa shape index (κ3) is 6.46. The normalized spacial score (nSPS) is 29.1. The van der Waals surface area contributed by atoms with Crippen LogP contribution in [0, 0.1) is 5.92 Å². The average Bonchev–Trinajstić information content (AvgIpc) is 2.46. The fourth-order valence-corrected chi connectivity index (χ4v) is 2.18. The lowest BCUT2D eigenvalue weighted by molar-refractivity contribution is 0.291. The van der Waals surface area contributed by atoms with Gasteiger partial charge >= 0.3 is 0 Å². The first-order chi connectivity index (χ1) is 7.68. The number of piperazine rings is 1. The second kappa shape index (κ2) is 8.04. The van der Waals surface area contributed by atoms with E-state index in [0.717, 1.165) is 19.0 Å². The van der Waals surface area contributed by atoms with Crippen LogP contribution in [0.1, 0.15) is 26.2 Å². The molecule has 0 spiro atoms. The lowest BCUT2D eigenvalue weighted by Crippen LogP contribution is -2.40. The molecule has 1 N–H and O–H groups in total. The summed E-state index contributed by atoms with van der Waals surface area (Å²) in [4.78, 5) is 4.76. The van der Waals surface area contributed by atoms with E-state index in [2.05, 4.69) is 36.1 Å². The predicted molar refractivity (Wildman–Crippen MR) is 70.9 cm³/mol. The summed E-state index contributed by atoms with van der Waals surface area (Å²) in [5.74, 6) is 0.968. The van der Waals surface area contributed by atoms with Crippen LogP contribution in [0.4, 0.5) is 0 Å². The van der Waals surface area contributed by atoms with Crippen molar-refractivity contribution in [1.29, 1.82) is 0 Å². The summed E-state index contributed by atoms with van der Waals surface area (Å²) in [5, 5.41) is 3.27. The molecule has 0 aromatic rings. The van der Waals surface area contributed by atoms with Crippen molar-refractivity contribution in [2.24, 2.45) is 5.92 Å².